The molecule has 9 heteroatoms. The first-order valence-corrected chi connectivity index (χ1v) is 9.58. The van der Waals surface area contributed by atoms with Crippen molar-refractivity contribution in [2.45, 2.75) is 39.3 Å². The number of carbonyl (C=O) groups is 1. The number of hydrogen-bond acceptors (Lipinski definition) is 5. The predicted molar refractivity (Wildman–Crippen MR) is 102 cm³/mol. The topological polar surface area (TPSA) is 69.0 Å². The fraction of sp³-hybridized carbons (Fsp3) is 0.316. The van der Waals surface area contributed by atoms with Gasteiger partial charge in [-0.2, -0.15) is 8.78 Å². The van der Waals surface area contributed by atoms with E-state index in [9.17, 15) is 13.6 Å². The van der Waals surface area contributed by atoms with Gasteiger partial charge in [-0.25, -0.2) is 9.97 Å². The first-order valence-electron chi connectivity index (χ1n) is 8.76. The van der Waals surface area contributed by atoms with Gasteiger partial charge in [-0.3, -0.25) is 14.7 Å². The SMILES string of the molecule is Cc1nc(NC(=O)c2cccc3c2O[C@H](C)[C@@H]3C)sc1-c1nccn1C(F)F. The molecule has 0 aliphatic carbocycles. The van der Waals surface area contributed by atoms with E-state index in [0.29, 0.717) is 27.0 Å². The number of anilines is 1. The number of nitrogens with one attached hydrogen (secondary N) is 1. The summed E-state index contributed by atoms with van der Waals surface area (Å²) >= 11 is 1.11. The highest BCUT2D eigenvalue weighted by Gasteiger charge is 2.31. The van der Waals surface area contributed by atoms with Crippen molar-refractivity contribution in [1.29, 1.82) is 0 Å². The summed E-state index contributed by atoms with van der Waals surface area (Å²) < 4.78 is 32.9. The van der Waals surface area contributed by atoms with Crippen LogP contribution in [-0.4, -0.2) is 26.5 Å². The normalized spacial score (nSPS) is 18.2. The Morgan fingerprint density at radius 1 is 1.36 bits per heavy atom. The number of benzene rings is 1. The number of para-hydroxylation sites is 1. The van der Waals surface area contributed by atoms with E-state index in [0.717, 1.165) is 21.5 Å². The van der Waals surface area contributed by atoms with Crippen LogP contribution in [0.15, 0.2) is 30.6 Å². The Kier molecular flexibility index (Phi) is 4.62. The average Bonchev–Trinajstić information content (AvgIpc) is 3.33. The van der Waals surface area contributed by atoms with Crippen LogP contribution >= 0.6 is 11.3 Å². The zero-order chi connectivity index (χ0) is 20.0. The number of amides is 1. The molecule has 0 saturated carbocycles. The van der Waals surface area contributed by atoms with Crippen LogP contribution in [0.2, 0.25) is 0 Å². The third kappa shape index (κ3) is 3.05. The lowest BCUT2D eigenvalue weighted by atomic mass is 9.97. The standard InChI is InChI=1S/C19H18F2N4O2S/c1-9-11(3)27-14-12(9)5-4-6-13(14)17(26)24-19-23-10(2)15(28-19)16-22-7-8-25(16)18(20)21/h4-9,11,18H,1-3H3,(H,23,24,26)/t9-,11+/m0/s1. The third-order valence-electron chi connectivity index (χ3n) is 4.89. The molecule has 2 aromatic heterocycles. The molecule has 0 fully saturated rings. The molecule has 6 nitrogen and oxygen atoms in total. The minimum Gasteiger partial charge on any atom is -0.489 e. The zero-order valence-corrected chi connectivity index (χ0v) is 16.3. The lowest BCUT2D eigenvalue weighted by molar-refractivity contribution is 0.0720. The van der Waals surface area contributed by atoms with Gasteiger partial charge in [0.05, 0.1) is 16.1 Å². The number of rotatable bonds is 4. The fourth-order valence-corrected chi connectivity index (χ4v) is 4.20. The highest BCUT2D eigenvalue weighted by Crippen LogP contribution is 2.41. The molecule has 0 saturated heterocycles. The van der Waals surface area contributed by atoms with Crippen molar-refractivity contribution in [3.05, 3.63) is 47.4 Å². The van der Waals surface area contributed by atoms with E-state index >= 15 is 0 Å². The number of ether oxygens (including phenoxy) is 1. The number of carbonyl (C=O) groups excluding carboxylic acids is 1. The van der Waals surface area contributed by atoms with Gasteiger partial charge in [-0.05, 0) is 19.9 Å². The van der Waals surface area contributed by atoms with Crippen molar-refractivity contribution in [3.8, 4) is 16.5 Å². The minimum absolute atomic E-state index is 0.00846. The van der Waals surface area contributed by atoms with Gasteiger partial charge in [-0.15, -0.1) is 0 Å². The van der Waals surface area contributed by atoms with Crippen molar-refractivity contribution >= 4 is 22.4 Å². The molecule has 2 atom stereocenters. The largest absolute Gasteiger partial charge is 0.489 e. The second-order valence-electron chi connectivity index (χ2n) is 6.66. The summed E-state index contributed by atoms with van der Waals surface area (Å²) in [6.45, 7) is 3.01. The first kappa shape index (κ1) is 18.5. The maximum absolute atomic E-state index is 13.1. The van der Waals surface area contributed by atoms with E-state index in [2.05, 4.69) is 22.2 Å². The van der Waals surface area contributed by atoms with Gasteiger partial charge in [0.15, 0.2) is 11.0 Å². The number of nitrogens with zero attached hydrogens (tertiary/aromatic N) is 3. The Labute approximate surface area is 164 Å². The summed E-state index contributed by atoms with van der Waals surface area (Å²) in [6.07, 6.45) is 2.52. The summed E-state index contributed by atoms with van der Waals surface area (Å²) in [4.78, 5) is 21.6. The lowest BCUT2D eigenvalue weighted by Gasteiger charge is -2.09. The Morgan fingerprint density at radius 2 is 2.14 bits per heavy atom. The Bertz CT molecular complexity index is 1050. The smallest absolute Gasteiger partial charge is 0.320 e. The number of hydrogen-bond donors (Lipinski definition) is 1. The molecule has 1 amide bonds. The Hall–Kier alpha value is -2.81. The molecule has 28 heavy (non-hydrogen) atoms. The highest BCUT2D eigenvalue weighted by molar-refractivity contribution is 7.19. The number of aromatic nitrogens is 3. The summed E-state index contributed by atoms with van der Waals surface area (Å²) in [5, 5.41) is 3.07. The van der Waals surface area contributed by atoms with Gasteiger partial charge < -0.3 is 4.74 Å². The van der Waals surface area contributed by atoms with Crippen LogP contribution < -0.4 is 10.1 Å². The molecule has 1 aliphatic heterocycles. The van der Waals surface area contributed by atoms with E-state index in [1.54, 1.807) is 13.0 Å². The van der Waals surface area contributed by atoms with Crippen LogP contribution in [0.4, 0.5) is 13.9 Å². The van der Waals surface area contributed by atoms with Gasteiger partial charge in [0.25, 0.3) is 5.91 Å². The number of fused-ring (bicyclic) bond motifs is 1. The summed E-state index contributed by atoms with van der Waals surface area (Å²) in [5.41, 5.74) is 1.94. The second-order valence-corrected chi connectivity index (χ2v) is 7.66. The molecule has 1 N–H and O–H groups in total. The van der Waals surface area contributed by atoms with Crippen molar-refractivity contribution in [3.63, 3.8) is 0 Å². The molecule has 0 radical (unpaired) electrons. The molecule has 4 rings (SSSR count). The van der Waals surface area contributed by atoms with Crippen LogP contribution in [0.5, 0.6) is 5.75 Å². The third-order valence-corrected chi connectivity index (χ3v) is 5.96. The zero-order valence-electron chi connectivity index (χ0n) is 15.4. The van der Waals surface area contributed by atoms with Crippen molar-refractivity contribution < 1.29 is 18.3 Å². The van der Waals surface area contributed by atoms with Gasteiger partial charge in [0.1, 0.15) is 11.9 Å². The number of alkyl halides is 2. The van der Waals surface area contributed by atoms with Crippen molar-refractivity contribution in [2.24, 2.45) is 0 Å². The maximum Gasteiger partial charge on any atom is 0.320 e. The fourth-order valence-electron chi connectivity index (χ4n) is 3.23. The van der Waals surface area contributed by atoms with Gasteiger partial charge in [0.2, 0.25) is 0 Å². The first-order chi connectivity index (χ1) is 13.4. The molecule has 146 valence electrons. The Balaban J connectivity index is 1.62. The lowest BCUT2D eigenvalue weighted by Crippen LogP contribution is -2.14. The maximum atomic E-state index is 13.1. The molecular weight excluding hydrogens is 386 g/mol. The molecule has 3 heterocycles. The molecule has 3 aromatic rings. The average molecular weight is 404 g/mol. The van der Waals surface area contributed by atoms with E-state index in [-0.39, 0.29) is 23.8 Å². The monoisotopic (exact) mass is 404 g/mol. The van der Waals surface area contributed by atoms with Crippen LogP contribution in [-0.2, 0) is 0 Å². The van der Waals surface area contributed by atoms with Crippen LogP contribution in [0.25, 0.3) is 10.7 Å². The molecule has 0 unspecified atom stereocenters. The van der Waals surface area contributed by atoms with Crippen molar-refractivity contribution in [2.75, 3.05) is 5.32 Å². The van der Waals surface area contributed by atoms with E-state index in [1.165, 1.54) is 12.4 Å². The molecule has 0 spiro atoms. The van der Waals surface area contributed by atoms with Gasteiger partial charge >= 0.3 is 6.55 Å². The Morgan fingerprint density at radius 3 is 2.89 bits per heavy atom. The molecule has 1 aliphatic rings. The van der Waals surface area contributed by atoms with E-state index in [1.807, 2.05) is 19.1 Å². The van der Waals surface area contributed by atoms with Gasteiger partial charge in [0, 0.05) is 23.9 Å². The van der Waals surface area contributed by atoms with E-state index < -0.39 is 6.55 Å². The minimum atomic E-state index is -2.70. The van der Waals surface area contributed by atoms with Gasteiger partial charge in [-0.1, -0.05) is 30.4 Å². The van der Waals surface area contributed by atoms with Crippen molar-refractivity contribution in [1.82, 2.24) is 14.5 Å². The predicted octanol–water partition coefficient (Wildman–Crippen LogP) is 4.85. The van der Waals surface area contributed by atoms with E-state index in [4.69, 9.17) is 4.74 Å². The summed E-state index contributed by atoms with van der Waals surface area (Å²) in [5.74, 6) is 0.555. The number of thiazole rings is 1. The summed E-state index contributed by atoms with van der Waals surface area (Å²) in [6, 6.07) is 5.48. The van der Waals surface area contributed by atoms with Crippen LogP contribution in [0, 0.1) is 6.92 Å². The van der Waals surface area contributed by atoms with Crippen LogP contribution in [0.1, 0.15) is 47.9 Å². The highest BCUT2D eigenvalue weighted by atomic mass is 32.1. The molecular formula is C19H18F2N4O2S. The molecule has 0 bridgehead atoms. The number of aryl methyl sites for hydroxylation is 1. The number of imidazole rings is 1. The quantitative estimate of drug-likeness (QED) is 0.675. The number of halogens is 2. The summed E-state index contributed by atoms with van der Waals surface area (Å²) in [7, 11) is 0. The second kappa shape index (κ2) is 6.97. The van der Waals surface area contributed by atoms with Crippen LogP contribution in [0.3, 0.4) is 0 Å². The molecule has 1 aromatic carbocycles.